The van der Waals surface area contributed by atoms with Gasteiger partial charge in [-0.15, -0.1) is 0 Å². The molecule has 3 amide bonds. The number of anilines is 2. The van der Waals surface area contributed by atoms with Crippen molar-refractivity contribution in [3.8, 4) is 0 Å². The van der Waals surface area contributed by atoms with Crippen molar-refractivity contribution in [1.82, 2.24) is 9.62 Å². The molecule has 2 fully saturated rings. The third-order valence-corrected chi connectivity index (χ3v) is 8.37. The number of hydrogen-bond acceptors (Lipinski definition) is 5. The van der Waals surface area contributed by atoms with Crippen molar-refractivity contribution in [2.24, 2.45) is 11.8 Å². The van der Waals surface area contributed by atoms with Crippen LogP contribution in [0.15, 0.2) is 59.5 Å². The molecule has 1 atom stereocenters. The Hall–Kier alpha value is -3.24. The lowest BCUT2D eigenvalue weighted by atomic mass is 9.94. The Labute approximate surface area is 218 Å². The highest BCUT2D eigenvalue weighted by molar-refractivity contribution is 7.89. The minimum absolute atomic E-state index is 0.0358. The van der Waals surface area contributed by atoms with Crippen molar-refractivity contribution < 1.29 is 22.8 Å². The van der Waals surface area contributed by atoms with E-state index < -0.39 is 15.6 Å². The molecule has 0 radical (unpaired) electrons. The number of nitrogens with zero attached hydrogens (tertiary/aromatic N) is 2. The lowest BCUT2D eigenvalue weighted by molar-refractivity contribution is -0.138. The predicted molar refractivity (Wildman–Crippen MR) is 141 cm³/mol. The van der Waals surface area contributed by atoms with Gasteiger partial charge < -0.3 is 15.1 Å². The molecule has 0 saturated carbocycles. The van der Waals surface area contributed by atoms with Crippen LogP contribution < -0.4 is 14.9 Å². The van der Waals surface area contributed by atoms with Crippen LogP contribution >= 0.6 is 0 Å². The number of likely N-dealkylation sites (tertiary alicyclic amines) is 1. The van der Waals surface area contributed by atoms with Gasteiger partial charge in [0.15, 0.2) is 0 Å². The molecule has 0 spiro atoms. The Kier molecular flexibility index (Phi) is 7.70. The van der Waals surface area contributed by atoms with E-state index in [1.54, 1.807) is 42.7 Å². The van der Waals surface area contributed by atoms with Crippen molar-refractivity contribution in [2.45, 2.75) is 50.5 Å². The molecular formula is C27H34N4O5S. The Morgan fingerprint density at radius 1 is 0.919 bits per heavy atom. The quantitative estimate of drug-likeness (QED) is 0.600. The van der Waals surface area contributed by atoms with Crippen molar-refractivity contribution >= 4 is 39.1 Å². The van der Waals surface area contributed by atoms with Gasteiger partial charge in [0.25, 0.3) is 0 Å². The summed E-state index contributed by atoms with van der Waals surface area (Å²) in [5, 5.41) is 2.86. The number of benzene rings is 2. The van der Waals surface area contributed by atoms with Crippen LogP contribution in [0.1, 0.15) is 40.0 Å². The van der Waals surface area contributed by atoms with Crippen molar-refractivity contribution in [2.75, 3.05) is 29.9 Å². The Morgan fingerprint density at radius 2 is 1.54 bits per heavy atom. The van der Waals surface area contributed by atoms with Gasteiger partial charge in [0.1, 0.15) is 0 Å². The number of piperidine rings is 1. The minimum atomic E-state index is -3.65. The molecule has 2 aliphatic heterocycles. The second kappa shape index (κ2) is 10.6. The molecular weight excluding hydrogens is 492 g/mol. The van der Waals surface area contributed by atoms with Gasteiger partial charge in [-0.2, -0.15) is 0 Å². The molecule has 37 heavy (non-hydrogen) atoms. The SMILES string of the molecule is CC(C)(C)NS(=O)(=O)c1ccc(NC(=O)C2CCN(C(=O)C3CC(=O)N(c4ccccc4)C3)CC2)cc1. The molecule has 0 aromatic heterocycles. The highest BCUT2D eigenvalue weighted by Crippen LogP contribution is 2.28. The van der Waals surface area contributed by atoms with Crippen molar-refractivity contribution in [1.29, 1.82) is 0 Å². The molecule has 9 nitrogen and oxygen atoms in total. The average molecular weight is 527 g/mol. The van der Waals surface area contributed by atoms with Gasteiger partial charge in [-0.05, 0) is 70.0 Å². The maximum atomic E-state index is 13.1. The fourth-order valence-corrected chi connectivity index (χ4v) is 6.19. The fourth-order valence-electron chi connectivity index (χ4n) is 4.77. The lowest BCUT2D eigenvalue weighted by Gasteiger charge is -2.33. The van der Waals surface area contributed by atoms with Crippen LogP contribution in [0.25, 0.3) is 0 Å². The second-order valence-electron chi connectivity index (χ2n) is 10.7. The van der Waals surface area contributed by atoms with Crippen LogP contribution in [0.5, 0.6) is 0 Å². The standard InChI is InChI=1S/C27H34N4O5S/c1-27(2,3)29-37(35,36)23-11-9-21(10-12-23)28-25(33)19-13-15-30(16-14-19)26(34)20-17-24(32)31(18-20)22-7-5-4-6-8-22/h4-12,19-20,29H,13-18H2,1-3H3,(H,28,33). The van der Waals surface area contributed by atoms with Gasteiger partial charge in [-0.1, -0.05) is 18.2 Å². The fraction of sp³-hybridized carbons (Fsp3) is 0.444. The van der Waals surface area contributed by atoms with Gasteiger partial charge in [0, 0.05) is 48.9 Å². The minimum Gasteiger partial charge on any atom is -0.342 e. The first kappa shape index (κ1) is 26.8. The van der Waals surface area contributed by atoms with Crippen molar-refractivity contribution in [3.05, 3.63) is 54.6 Å². The first-order valence-corrected chi connectivity index (χ1v) is 14.0. The number of nitrogens with one attached hydrogen (secondary N) is 2. The van der Waals surface area contributed by atoms with E-state index in [-0.39, 0.29) is 40.9 Å². The number of para-hydroxylation sites is 1. The van der Waals surface area contributed by atoms with Gasteiger partial charge in [0.05, 0.1) is 10.8 Å². The molecule has 2 N–H and O–H groups in total. The van der Waals surface area contributed by atoms with Gasteiger partial charge >= 0.3 is 0 Å². The van der Waals surface area contributed by atoms with E-state index in [2.05, 4.69) is 10.0 Å². The van der Waals surface area contributed by atoms with E-state index in [9.17, 15) is 22.8 Å². The Morgan fingerprint density at radius 3 is 2.14 bits per heavy atom. The zero-order valence-corrected chi connectivity index (χ0v) is 22.3. The maximum absolute atomic E-state index is 13.1. The smallest absolute Gasteiger partial charge is 0.241 e. The molecule has 2 aromatic carbocycles. The first-order valence-electron chi connectivity index (χ1n) is 12.5. The van der Waals surface area contributed by atoms with E-state index in [0.717, 1.165) is 5.69 Å². The monoisotopic (exact) mass is 526 g/mol. The summed E-state index contributed by atoms with van der Waals surface area (Å²) < 4.78 is 27.5. The second-order valence-corrected chi connectivity index (χ2v) is 12.4. The van der Waals surface area contributed by atoms with E-state index in [1.807, 2.05) is 30.3 Å². The number of hydrogen-bond donors (Lipinski definition) is 2. The number of amides is 3. The summed E-state index contributed by atoms with van der Waals surface area (Å²) in [5.74, 6) is -0.860. The summed E-state index contributed by atoms with van der Waals surface area (Å²) >= 11 is 0. The van der Waals surface area contributed by atoms with Crippen LogP contribution in [0.4, 0.5) is 11.4 Å². The van der Waals surface area contributed by atoms with E-state index in [0.29, 0.717) is 38.2 Å². The van der Waals surface area contributed by atoms with Crippen molar-refractivity contribution in [3.63, 3.8) is 0 Å². The summed E-state index contributed by atoms with van der Waals surface area (Å²) in [6.07, 6.45) is 1.26. The maximum Gasteiger partial charge on any atom is 0.241 e. The predicted octanol–water partition coefficient (Wildman–Crippen LogP) is 2.99. The number of sulfonamides is 1. The normalized spacial score (nSPS) is 19.2. The number of carbonyl (C=O) groups is 3. The molecule has 0 bridgehead atoms. The summed E-state index contributed by atoms with van der Waals surface area (Å²) in [7, 11) is -3.65. The van der Waals surface area contributed by atoms with E-state index in [4.69, 9.17) is 0 Å². The molecule has 4 rings (SSSR count). The Balaban J connectivity index is 1.28. The van der Waals surface area contributed by atoms with E-state index >= 15 is 0 Å². The Bertz CT molecular complexity index is 1250. The summed E-state index contributed by atoms with van der Waals surface area (Å²) in [5.41, 5.74) is 0.717. The topological polar surface area (TPSA) is 116 Å². The molecule has 1 unspecified atom stereocenters. The summed E-state index contributed by atoms with van der Waals surface area (Å²) in [6.45, 7) is 6.60. The van der Waals surface area contributed by atoms with Crippen LogP contribution in [0, 0.1) is 11.8 Å². The molecule has 0 aliphatic carbocycles. The molecule has 198 valence electrons. The zero-order valence-electron chi connectivity index (χ0n) is 21.4. The van der Waals surface area contributed by atoms with Crippen LogP contribution in [-0.2, 0) is 24.4 Å². The van der Waals surface area contributed by atoms with Gasteiger partial charge in [-0.3, -0.25) is 14.4 Å². The summed E-state index contributed by atoms with van der Waals surface area (Å²) in [4.78, 5) is 41.9. The zero-order chi connectivity index (χ0) is 26.8. The molecule has 2 heterocycles. The highest BCUT2D eigenvalue weighted by atomic mass is 32.2. The number of carbonyl (C=O) groups excluding carboxylic acids is 3. The number of rotatable bonds is 6. The van der Waals surface area contributed by atoms with Crippen LogP contribution in [0.3, 0.4) is 0 Å². The summed E-state index contributed by atoms with van der Waals surface area (Å²) in [6, 6.07) is 15.4. The molecule has 2 aliphatic rings. The molecule has 10 heteroatoms. The van der Waals surface area contributed by atoms with Crippen LogP contribution in [-0.4, -0.2) is 56.2 Å². The third-order valence-electron chi connectivity index (χ3n) is 6.59. The third kappa shape index (κ3) is 6.56. The lowest BCUT2D eigenvalue weighted by Crippen LogP contribution is -2.44. The molecule has 2 saturated heterocycles. The van der Waals surface area contributed by atoms with E-state index in [1.165, 1.54) is 12.1 Å². The largest absolute Gasteiger partial charge is 0.342 e. The van der Waals surface area contributed by atoms with Crippen LogP contribution in [0.2, 0.25) is 0 Å². The van der Waals surface area contributed by atoms with Gasteiger partial charge in [0.2, 0.25) is 27.7 Å². The first-order chi connectivity index (χ1) is 17.4. The average Bonchev–Trinajstić information content (AvgIpc) is 3.24. The van der Waals surface area contributed by atoms with Gasteiger partial charge in [-0.25, -0.2) is 13.1 Å². The molecule has 2 aromatic rings. The highest BCUT2D eigenvalue weighted by Gasteiger charge is 2.38.